The summed E-state index contributed by atoms with van der Waals surface area (Å²) in [7, 11) is -1.90. The highest BCUT2D eigenvalue weighted by molar-refractivity contribution is 7.12. The topological polar surface area (TPSA) is 0 Å². The molecule has 1 unspecified atom stereocenters. The minimum absolute atomic E-state index is 0.239. The van der Waals surface area contributed by atoms with Crippen LogP contribution in [-0.4, -0.2) is 8.07 Å². The van der Waals surface area contributed by atoms with E-state index < -0.39 is 8.07 Å². The first-order valence-corrected chi connectivity index (χ1v) is 9.64. The molecule has 1 aliphatic heterocycles. The van der Waals surface area contributed by atoms with E-state index >= 15 is 0 Å². The Hall–Kier alpha value is -1.86. The van der Waals surface area contributed by atoms with Gasteiger partial charge in [0, 0.05) is 0 Å². The predicted octanol–water partition coefficient (Wildman–Crippen LogP) is 4.87. The largest absolute Gasteiger partial charge is 0.147 e. The molecule has 0 N–H and O–H groups in total. The van der Waals surface area contributed by atoms with Crippen LogP contribution in [0.15, 0.2) is 78.5 Å². The summed E-state index contributed by atoms with van der Waals surface area (Å²) in [4.78, 5) is 0. The first kappa shape index (κ1) is 14.1. The number of hydrogen-bond donors (Lipinski definition) is 0. The van der Waals surface area contributed by atoms with Gasteiger partial charge >= 0.3 is 0 Å². The molecule has 0 saturated carbocycles. The molecule has 1 aliphatic rings. The summed E-state index contributed by atoms with van der Waals surface area (Å²) in [5.41, 5.74) is 3.87. The molecule has 0 fully saturated rings. The third-order valence-electron chi connectivity index (χ3n) is 4.53. The van der Waals surface area contributed by atoms with E-state index in [1.54, 1.807) is 0 Å². The molecule has 1 heteroatoms. The van der Waals surface area contributed by atoms with E-state index in [9.17, 15) is 0 Å². The fourth-order valence-electron chi connectivity index (χ4n) is 3.49. The summed E-state index contributed by atoms with van der Waals surface area (Å²) in [6.07, 6.45) is 4.60. The Bertz CT molecular complexity index is 675. The fourth-order valence-corrected chi connectivity index (χ4v) is 8.43. The first-order valence-electron chi connectivity index (χ1n) is 7.57. The van der Waals surface area contributed by atoms with E-state index in [-0.39, 0.29) is 5.04 Å². The van der Waals surface area contributed by atoms with Crippen LogP contribution in [0.4, 0.5) is 0 Å². The first-order chi connectivity index (χ1) is 10.1. The molecular weight excluding hydrogens is 268 g/mol. The average molecular weight is 290 g/mol. The van der Waals surface area contributed by atoms with E-state index in [1.165, 1.54) is 15.9 Å². The second kappa shape index (κ2) is 5.16. The standard InChI is InChI=1S/C20H22Si/c1-20(2,3)21(18-13-8-5-9-14-18)16-10-15-19(21)17-11-6-4-7-12-17/h4-16H,1-3H3. The van der Waals surface area contributed by atoms with Crippen molar-refractivity contribution in [2.45, 2.75) is 25.8 Å². The molecule has 0 aromatic heterocycles. The van der Waals surface area contributed by atoms with Gasteiger partial charge in [0.15, 0.2) is 0 Å². The lowest BCUT2D eigenvalue weighted by atomic mass is 10.2. The Morgan fingerprint density at radius 1 is 0.762 bits per heavy atom. The molecule has 0 nitrogen and oxygen atoms in total. The highest BCUT2D eigenvalue weighted by Gasteiger charge is 2.48. The summed E-state index contributed by atoms with van der Waals surface area (Å²) in [6, 6.07) is 21.9. The van der Waals surface area contributed by atoms with Crippen molar-refractivity contribution in [1.82, 2.24) is 0 Å². The smallest absolute Gasteiger partial charge is 0.0855 e. The zero-order valence-electron chi connectivity index (χ0n) is 13.0. The van der Waals surface area contributed by atoms with Crippen molar-refractivity contribution in [2.75, 3.05) is 0 Å². The zero-order chi connectivity index (χ0) is 14.9. The highest BCUT2D eigenvalue weighted by atomic mass is 28.3. The molecule has 3 rings (SSSR count). The summed E-state index contributed by atoms with van der Waals surface area (Å²) in [5.74, 6) is 0. The maximum absolute atomic E-state index is 2.50. The Balaban J connectivity index is 2.23. The Morgan fingerprint density at radius 3 is 1.90 bits per heavy atom. The molecule has 0 spiro atoms. The quantitative estimate of drug-likeness (QED) is 0.692. The second-order valence-corrected chi connectivity index (χ2v) is 11.3. The Morgan fingerprint density at radius 2 is 1.33 bits per heavy atom. The lowest BCUT2D eigenvalue weighted by molar-refractivity contribution is 0.740. The maximum Gasteiger partial charge on any atom is 0.147 e. The van der Waals surface area contributed by atoms with Crippen LogP contribution in [0.2, 0.25) is 5.04 Å². The Labute approximate surface area is 128 Å². The summed E-state index contributed by atoms with van der Waals surface area (Å²) in [5, 5.41) is 3.27. The molecule has 106 valence electrons. The van der Waals surface area contributed by atoms with Crippen molar-refractivity contribution < 1.29 is 0 Å². The maximum atomic E-state index is 2.50. The number of allylic oxidation sites excluding steroid dienone is 2. The monoisotopic (exact) mass is 290 g/mol. The average Bonchev–Trinajstić information content (AvgIpc) is 2.95. The van der Waals surface area contributed by atoms with Crippen molar-refractivity contribution in [3.05, 3.63) is 84.1 Å². The van der Waals surface area contributed by atoms with Crippen molar-refractivity contribution in [2.24, 2.45) is 0 Å². The van der Waals surface area contributed by atoms with E-state index in [4.69, 9.17) is 0 Å². The third kappa shape index (κ3) is 2.22. The molecule has 0 bridgehead atoms. The lowest BCUT2D eigenvalue weighted by Crippen LogP contribution is -2.54. The fraction of sp³-hybridized carbons (Fsp3) is 0.200. The van der Waals surface area contributed by atoms with Crippen molar-refractivity contribution >= 4 is 18.5 Å². The minimum Gasteiger partial charge on any atom is -0.0855 e. The number of rotatable bonds is 2. The van der Waals surface area contributed by atoms with E-state index in [1.807, 2.05) is 0 Å². The van der Waals surface area contributed by atoms with Gasteiger partial charge in [0.25, 0.3) is 0 Å². The van der Waals surface area contributed by atoms with Crippen molar-refractivity contribution in [3.8, 4) is 0 Å². The van der Waals surface area contributed by atoms with Crippen LogP contribution in [0.1, 0.15) is 26.3 Å². The molecular formula is C20H22Si. The van der Waals surface area contributed by atoms with Gasteiger partial charge in [-0.2, -0.15) is 0 Å². The van der Waals surface area contributed by atoms with Gasteiger partial charge < -0.3 is 0 Å². The molecule has 0 aliphatic carbocycles. The molecule has 21 heavy (non-hydrogen) atoms. The third-order valence-corrected chi connectivity index (χ3v) is 10.1. The van der Waals surface area contributed by atoms with Crippen LogP contribution in [0.5, 0.6) is 0 Å². The van der Waals surface area contributed by atoms with Crippen LogP contribution in [-0.2, 0) is 0 Å². The van der Waals surface area contributed by atoms with Crippen LogP contribution in [0.3, 0.4) is 0 Å². The number of benzene rings is 2. The van der Waals surface area contributed by atoms with Crippen LogP contribution < -0.4 is 5.19 Å². The second-order valence-electron chi connectivity index (χ2n) is 6.73. The van der Waals surface area contributed by atoms with E-state index in [0.29, 0.717) is 0 Å². The predicted molar refractivity (Wildman–Crippen MR) is 95.1 cm³/mol. The van der Waals surface area contributed by atoms with Gasteiger partial charge in [-0.15, -0.1) is 0 Å². The Kier molecular flexibility index (Phi) is 3.46. The van der Waals surface area contributed by atoms with Crippen LogP contribution in [0.25, 0.3) is 5.20 Å². The normalized spacial score (nSPS) is 21.4. The van der Waals surface area contributed by atoms with Gasteiger partial charge in [0.1, 0.15) is 8.07 Å². The zero-order valence-corrected chi connectivity index (χ0v) is 14.0. The molecule has 0 amide bonds. The van der Waals surface area contributed by atoms with Gasteiger partial charge in [0.2, 0.25) is 0 Å². The highest BCUT2D eigenvalue weighted by Crippen LogP contribution is 2.47. The van der Waals surface area contributed by atoms with E-state index in [0.717, 1.165) is 0 Å². The molecule has 2 aromatic rings. The lowest BCUT2D eigenvalue weighted by Gasteiger charge is -2.41. The number of hydrogen-bond acceptors (Lipinski definition) is 0. The van der Waals surface area contributed by atoms with Gasteiger partial charge in [-0.25, -0.2) is 0 Å². The molecule has 1 heterocycles. The SMILES string of the molecule is CC(C)(C)[Si]1(c2ccccc2)C=CC=C1c1ccccc1. The van der Waals surface area contributed by atoms with Gasteiger partial charge in [-0.3, -0.25) is 0 Å². The van der Waals surface area contributed by atoms with Crippen LogP contribution in [0, 0.1) is 0 Å². The van der Waals surface area contributed by atoms with Crippen molar-refractivity contribution in [1.29, 1.82) is 0 Å². The minimum atomic E-state index is -1.90. The summed E-state index contributed by atoms with van der Waals surface area (Å²) < 4.78 is 0. The van der Waals surface area contributed by atoms with E-state index in [2.05, 4.69) is 99.3 Å². The summed E-state index contributed by atoms with van der Waals surface area (Å²) in [6.45, 7) is 7.16. The molecule has 0 saturated heterocycles. The molecule has 1 atom stereocenters. The van der Waals surface area contributed by atoms with Gasteiger partial charge in [0.05, 0.1) is 0 Å². The van der Waals surface area contributed by atoms with Gasteiger partial charge in [-0.05, 0) is 21.0 Å². The summed E-state index contributed by atoms with van der Waals surface area (Å²) >= 11 is 0. The van der Waals surface area contributed by atoms with Crippen LogP contribution >= 0.6 is 0 Å². The van der Waals surface area contributed by atoms with Gasteiger partial charge in [-0.1, -0.05) is 99.3 Å². The molecule has 2 aromatic carbocycles. The van der Waals surface area contributed by atoms with Crippen molar-refractivity contribution in [3.63, 3.8) is 0 Å². The molecule has 0 radical (unpaired) electrons.